The average molecular weight is 350 g/mol. The van der Waals surface area contributed by atoms with E-state index >= 15 is 0 Å². The molecule has 1 unspecified atom stereocenters. The summed E-state index contributed by atoms with van der Waals surface area (Å²) in [6.45, 7) is 2.26. The molecule has 3 rings (SSSR count). The third-order valence-electron chi connectivity index (χ3n) is 4.03. The van der Waals surface area contributed by atoms with Crippen LogP contribution >= 0.6 is 11.6 Å². The van der Waals surface area contributed by atoms with Crippen LogP contribution in [0.1, 0.15) is 23.7 Å². The Morgan fingerprint density at radius 3 is 2.96 bits per heavy atom. The molecule has 0 aliphatic carbocycles. The quantitative estimate of drug-likeness (QED) is 0.898. The Hall–Kier alpha value is -2.12. The lowest BCUT2D eigenvalue weighted by Gasteiger charge is -2.17. The van der Waals surface area contributed by atoms with Crippen LogP contribution in [0.4, 0.5) is 4.79 Å². The number of carbonyl (C=O) groups excluding carboxylic acids is 1. The van der Waals surface area contributed by atoms with Gasteiger partial charge in [0.15, 0.2) is 0 Å². The summed E-state index contributed by atoms with van der Waals surface area (Å²) >= 11 is 5.86. The summed E-state index contributed by atoms with van der Waals surface area (Å²) in [5.41, 5.74) is 1.81. The molecule has 7 nitrogen and oxygen atoms in total. The zero-order valence-electron chi connectivity index (χ0n) is 13.5. The summed E-state index contributed by atoms with van der Waals surface area (Å²) in [7, 11) is 1.63. The van der Waals surface area contributed by atoms with E-state index in [4.69, 9.17) is 16.3 Å². The summed E-state index contributed by atoms with van der Waals surface area (Å²) in [5.74, 6) is 0. The molecule has 1 atom stereocenters. The fourth-order valence-corrected chi connectivity index (χ4v) is 2.87. The van der Waals surface area contributed by atoms with Crippen molar-refractivity contribution in [2.45, 2.75) is 25.6 Å². The fraction of sp³-hybridized carbons (Fsp3) is 0.438. The van der Waals surface area contributed by atoms with Crippen LogP contribution in [0.5, 0.6) is 0 Å². The molecule has 0 spiro atoms. The van der Waals surface area contributed by atoms with Crippen LogP contribution < -0.4 is 5.32 Å². The van der Waals surface area contributed by atoms with E-state index in [-0.39, 0.29) is 12.1 Å². The van der Waals surface area contributed by atoms with E-state index in [1.54, 1.807) is 12.0 Å². The lowest BCUT2D eigenvalue weighted by atomic mass is 10.2. The van der Waals surface area contributed by atoms with E-state index in [0.717, 1.165) is 17.7 Å². The SMILES string of the molecule is COCc1cn(C2CCN(C(=O)NCc3ccc(Cl)cc3)C2)nn1. The van der Waals surface area contributed by atoms with Gasteiger partial charge in [-0.25, -0.2) is 9.48 Å². The van der Waals surface area contributed by atoms with Gasteiger partial charge >= 0.3 is 6.03 Å². The minimum absolute atomic E-state index is 0.0651. The highest BCUT2D eigenvalue weighted by Crippen LogP contribution is 2.21. The van der Waals surface area contributed by atoms with Crippen molar-refractivity contribution in [3.05, 3.63) is 46.7 Å². The molecule has 2 aromatic rings. The summed E-state index contributed by atoms with van der Waals surface area (Å²) in [5, 5.41) is 11.8. The molecule has 1 aliphatic rings. The van der Waals surface area contributed by atoms with E-state index in [0.29, 0.717) is 31.3 Å². The molecular formula is C16H20ClN5O2. The maximum atomic E-state index is 12.3. The Balaban J connectivity index is 1.50. The molecule has 2 heterocycles. The number of aromatic nitrogens is 3. The van der Waals surface area contributed by atoms with Crippen LogP contribution in [-0.2, 0) is 17.9 Å². The van der Waals surface area contributed by atoms with Crippen molar-refractivity contribution < 1.29 is 9.53 Å². The first kappa shape index (κ1) is 16.7. The highest BCUT2D eigenvalue weighted by atomic mass is 35.5. The number of hydrogen-bond acceptors (Lipinski definition) is 4. The number of ether oxygens (including phenoxy) is 1. The number of nitrogens with one attached hydrogen (secondary N) is 1. The molecule has 24 heavy (non-hydrogen) atoms. The molecular weight excluding hydrogens is 330 g/mol. The maximum absolute atomic E-state index is 12.3. The van der Waals surface area contributed by atoms with Crippen LogP contribution in [0, 0.1) is 0 Å². The molecule has 1 saturated heterocycles. The van der Waals surface area contributed by atoms with Gasteiger partial charge < -0.3 is 15.0 Å². The first-order valence-electron chi connectivity index (χ1n) is 7.82. The van der Waals surface area contributed by atoms with Crippen LogP contribution in [0.3, 0.4) is 0 Å². The summed E-state index contributed by atoms with van der Waals surface area (Å²) < 4.78 is 6.87. The van der Waals surface area contributed by atoms with Crippen LogP contribution in [0.2, 0.25) is 5.02 Å². The van der Waals surface area contributed by atoms with Crippen molar-refractivity contribution in [3.8, 4) is 0 Å². The molecule has 8 heteroatoms. The van der Waals surface area contributed by atoms with Crippen molar-refractivity contribution in [3.63, 3.8) is 0 Å². The summed E-state index contributed by atoms with van der Waals surface area (Å²) in [4.78, 5) is 14.1. The standard InChI is InChI=1S/C16H20ClN5O2/c1-24-11-14-9-22(20-19-14)15-6-7-21(10-15)16(23)18-8-12-2-4-13(17)5-3-12/h2-5,9,15H,6-8,10-11H2,1H3,(H,18,23). The second-order valence-corrected chi connectivity index (χ2v) is 6.23. The topological polar surface area (TPSA) is 72.3 Å². The molecule has 1 fully saturated rings. The van der Waals surface area contributed by atoms with Gasteiger partial charge in [-0.2, -0.15) is 0 Å². The van der Waals surface area contributed by atoms with Crippen LogP contribution in [0.25, 0.3) is 0 Å². The lowest BCUT2D eigenvalue weighted by Crippen LogP contribution is -2.38. The Bertz CT molecular complexity index is 688. The Labute approximate surface area is 145 Å². The number of hydrogen-bond donors (Lipinski definition) is 1. The smallest absolute Gasteiger partial charge is 0.317 e. The van der Waals surface area contributed by atoms with Crippen LogP contribution in [0.15, 0.2) is 30.5 Å². The van der Waals surface area contributed by atoms with E-state index in [1.807, 2.05) is 35.1 Å². The molecule has 1 aromatic carbocycles. The molecule has 0 bridgehead atoms. The van der Waals surface area contributed by atoms with Gasteiger partial charge in [0.25, 0.3) is 0 Å². The van der Waals surface area contributed by atoms with Crippen molar-refractivity contribution in [1.82, 2.24) is 25.2 Å². The predicted octanol–water partition coefficient (Wildman–Crippen LogP) is 2.23. The van der Waals surface area contributed by atoms with Crippen molar-refractivity contribution >= 4 is 17.6 Å². The van der Waals surface area contributed by atoms with Gasteiger partial charge in [-0.1, -0.05) is 28.9 Å². The average Bonchev–Trinajstić information content (AvgIpc) is 3.23. The number of halogens is 1. The highest BCUT2D eigenvalue weighted by molar-refractivity contribution is 6.30. The van der Waals surface area contributed by atoms with Crippen LogP contribution in [-0.4, -0.2) is 46.1 Å². The van der Waals surface area contributed by atoms with Crippen molar-refractivity contribution in [2.24, 2.45) is 0 Å². The second kappa shape index (κ2) is 7.63. The largest absolute Gasteiger partial charge is 0.378 e. The van der Waals surface area contributed by atoms with Gasteiger partial charge in [0.1, 0.15) is 5.69 Å². The van der Waals surface area contributed by atoms with Gasteiger partial charge in [-0.15, -0.1) is 5.10 Å². The third-order valence-corrected chi connectivity index (χ3v) is 4.28. The van der Waals surface area contributed by atoms with E-state index in [9.17, 15) is 4.79 Å². The lowest BCUT2D eigenvalue weighted by molar-refractivity contribution is 0.181. The highest BCUT2D eigenvalue weighted by Gasteiger charge is 2.28. The van der Waals surface area contributed by atoms with Gasteiger partial charge in [-0.05, 0) is 24.1 Å². The van der Waals surface area contributed by atoms with E-state index in [2.05, 4.69) is 15.6 Å². The monoisotopic (exact) mass is 349 g/mol. The number of urea groups is 1. The van der Waals surface area contributed by atoms with Gasteiger partial charge in [0.2, 0.25) is 0 Å². The van der Waals surface area contributed by atoms with E-state index < -0.39 is 0 Å². The number of benzene rings is 1. The summed E-state index contributed by atoms with van der Waals surface area (Å²) in [6.07, 6.45) is 2.74. The number of methoxy groups -OCH3 is 1. The molecule has 2 amide bonds. The van der Waals surface area contributed by atoms with Gasteiger partial charge in [0, 0.05) is 31.8 Å². The molecule has 1 N–H and O–H groups in total. The molecule has 1 aliphatic heterocycles. The van der Waals surface area contributed by atoms with E-state index in [1.165, 1.54) is 0 Å². The fourth-order valence-electron chi connectivity index (χ4n) is 2.74. The zero-order valence-corrected chi connectivity index (χ0v) is 14.2. The third kappa shape index (κ3) is 4.04. The molecule has 0 saturated carbocycles. The zero-order chi connectivity index (χ0) is 16.9. The number of amides is 2. The van der Waals surface area contributed by atoms with Gasteiger partial charge in [-0.3, -0.25) is 0 Å². The minimum atomic E-state index is -0.0651. The number of rotatable bonds is 5. The molecule has 0 radical (unpaired) electrons. The molecule has 128 valence electrons. The predicted molar refractivity (Wildman–Crippen MR) is 89.6 cm³/mol. The first-order valence-corrected chi connectivity index (χ1v) is 8.20. The van der Waals surface area contributed by atoms with Gasteiger partial charge in [0.05, 0.1) is 18.8 Å². The number of carbonyl (C=O) groups is 1. The first-order chi connectivity index (χ1) is 11.7. The maximum Gasteiger partial charge on any atom is 0.317 e. The van der Waals surface area contributed by atoms with Crippen molar-refractivity contribution in [1.29, 1.82) is 0 Å². The Morgan fingerprint density at radius 2 is 2.21 bits per heavy atom. The molecule has 1 aromatic heterocycles. The second-order valence-electron chi connectivity index (χ2n) is 5.80. The number of nitrogens with zero attached hydrogens (tertiary/aromatic N) is 4. The summed E-state index contributed by atoms with van der Waals surface area (Å²) in [6, 6.07) is 7.53. The van der Waals surface area contributed by atoms with Crippen molar-refractivity contribution in [2.75, 3.05) is 20.2 Å². The normalized spacial score (nSPS) is 17.2. The Kier molecular flexibility index (Phi) is 5.32. The minimum Gasteiger partial charge on any atom is -0.378 e. The number of likely N-dealkylation sites (tertiary alicyclic amines) is 1. The Morgan fingerprint density at radius 1 is 1.42 bits per heavy atom.